The van der Waals surface area contributed by atoms with Gasteiger partial charge in [0, 0.05) is 24.6 Å². The van der Waals surface area contributed by atoms with Gasteiger partial charge in [-0.2, -0.15) is 0 Å². The summed E-state index contributed by atoms with van der Waals surface area (Å²) in [5.74, 6) is -0.300. The molecule has 0 N–H and O–H groups in total. The predicted molar refractivity (Wildman–Crippen MR) is 82.2 cm³/mol. The fourth-order valence-electron chi connectivity index (χ4n) is 2.56. The van der Waals surface area contributed by atoms with E-state index < -0.39 is 0 Å². The predicted octanol–water partition coefficient (Wildman–Crippen LogP) is 3.19. The summed E-state index contributed by atoms with van der Waals surface area (Å²) < 4.78 is 12.2. The maximum absolute atomic E-state index is 12.3. The molecule has 5 nitrogen and oxygen atoms in total. The van der Waals surface area contributed by atoms with Crippen molar-refractivity contribution in [1.82, 2.24) is 4.40 Å². The van der Waals surface area contributed by atoms with Crippen LogP contribution in [0.3, 0.4) is 0 Å². The number of carbonyl (C=O) groups is 2. The molecular formula is C17H15NO4. The summed E-state index contributed by atoms with van der Waals surface area (Å²) >= 11 is 0. The molecule has 0 aliphatic heterocycles. The summed E-state index contributed by atoms with van der Waals surface area (Å²) in [6.45, 7) is 3.44. The van der Waals surface area contributed by atoms with Crippen LogP contribution < -0.4 is 4.74 Å². The number of hydrogen-bond acceptors (Lipinski definition) is 4. The summed E-state index contributed by atoms with van der Waals surface area (Å²) in [7, 11) is 0. The zero-order valence-electron chi connectivity index (χ0n) is 12.3. The Kier molecular flexibility index (Phi) is 3.55. The van der Waals surface area contributed by atoms with Crippen LogP contribution in [0.5, 0.6) is 5.75 Å². The lowest BCUT2D eigenvalue weighted by Crippen LogP contribution is -2.04. The van der Waals surface area contributed by atoms with E-state index in [2.05, 4.69) is 0 Å². The van der Waals surface area contributed by atoms with Crippen molar-refractivity contribution in [2.24, 2.45) is 0 Å². The Bertz CT molecular complexity index is 879. The minimum Gasteiger partial charge on any atom is -0.462 e. The van der Waals surface area contributed by atoms with Gasteiger partial charge in [-0.05, 0) is 31.2 Å². The minimum absolute atomic E-state index is 0.316. The van der Waals surface area contributed by atoms with Gasteiger partial charge in [0.2, 0.25) is 0 Å². The number of benzene rings is 1. The molecule has 1 aromatic carbocycles. The number of aromatic nitrogens is 1. The first-order valence-electron chi connectivity index (χ1n) is 7.00. The first-order chi connectivity index (χ1) is 10.6. The molecule has 3 rings (SSSR count). The van der Waals surface area contributed by atoms with Crippen molar-refractivity contribution in [1.29, 1.82) is 0 Å². The molecule has 0 fully saturated rings. The van der Waals surface area contributed by atoms with E-state index in [1.807, 2.05) is 28.8 Å². The largest absolute Gasteiger partial charge is 0.462 e. The molecule has 3 aromatic rings. The number of rotatable bonds is 3. The maximum Gasteiger partial charge on any atom is 0.340 e. The highest BCUT2D eigenvalue weighted by atomic mass is 16.5. The Morgan fingerprint density at radius 1 is 1.14 bits per heavy atom. The van der Waals surface area contributed by atoms with Gasteiger partial charge in [0.05, 0.1) is 23.2 Å². The number of esters is 2. The second-order valence-corrected chi connectivity index (χ2v) is 4.82. The van der Waals surface area contributed by atoms with Gasteiger partial charge in [0.1, 0.15) is 5.75 Å². The molecule has 0 atom stereocenters. The Morgan fingerprint density at radius 3 is 2.68 bits per heavy atom. The minimum atomic E-state index is -0.383. The molecule has 5 heteroatoms. The summed E-state index contributed by atoms with van der Waals surface area (Å²) in [5, 5.41) is 0.764. The van der Waals surface area contributed by atoms with Gasteiger partial charge in [-0.25, -0.2) is 4.79 Å². The Balaban J connectivity index is 2.29. The Morgan fingerprint density at radius 2 is 1.95 bits per heavy atom. The van der Waals surface area contributed by atoms with Crippen molar-refractivity contribution >= 4 is 28.4 Å². The second-order valence-electron chi connectivity index (χ2n) is 4.82. The number of ether oxygens (including phenoxy) is 2. The third-order valence-corrected chi connectivity index (χ3v) is 3.36. The smallest absolute Gasteiger partial charge is 0.340 e. The third-order valence-electron chi connectivity index (χ3n) is 3.36. The van der Waals surface area contributed by atoms with Crippen LogP contribution in [-0.2, 0) is 9.53 Å². The molecular weight excluding hydrogens is 282 g/mol. The number of fused-ring (bicyclic) bond motifs is 3. The molecule has 0 unspecified atom stereocenters. The lowest BCUT2D eigenvalue weighted by atomic mass is 10.1. The monoisotopic (exact) mass is 297 g/mol. The summed E-state index contributed by atoms with van der Waals surface area (Å²) in [5.41, 5.74) is 2.07. The molecule has 0 bridgehead atoms. The van der Waals surface area contributed by atoms with E-state index in [1.54, 1.807) is 25.1 Å². The average Bonchev–Trinajstić information content (AvgIpc) is 2.81. The maximum atomic E-state index is 12.3. The second kappa shape index (κ2) is 5.52. The first-order valence-corrected chi connectivity index (χ1v) is 7.00. The number of nitrogens with zero attached hydrogens (tertiary/aromatic N) is 1. The van der Waals surface area contributed by atoms with Crippen LogP contribution in [0, 0.1) is 0 Å². The molecule has 0 amide bonds. The topological polar surface area (TPSA) is 57.0 Å². The number of carbonyl (C=O) groups excluding carboxylic acids is 2. The highest BCUT2D eigenvalue weighted by molar-refractivity contribution is 6.12. The number of pyridine rings is 1. The number of hydrogen-bond donors (Lipinski definition) is 0. The lowest BCUT2D eigenvalue weighted by Gasteiger charge is -2.02. The Hall–Kier alpha value is -2.82. The molecule has 0 saturated heterocycles. The highest BCUT2D eigenvalue weighted by Crippen LogP contribution is 2.30. The van der Waals surface area contributed by atoms with Gasteiger partial charge in [-0.3, -0.25) is 4.79 Å². The van der Waals surface area contributed by atoms with Crippen LogP contribution in [0.1, 0.15) is 24.2 Å². The van der Waals surface area contributed by atoms with Crippen LogP contribution in [0.4, 0.5) is 0 Å². The van der Waals surface area contributed by atoms with Gasteiger partial charge >= 0.3 is 11.9 Å². The van der Waals surface area contributed by atoms with E-state index in [0.29, 0.717) is 17.9 Å². The van der Waals surface area contributed by atoms with Gasteiger partial charge < -0.3 is 13.9 Å². The third kappa shape index (κ3) is 2.30. The van der Waals surface area contributed by atoms with Crippen LogP contribution in [0.25, 0.3) is 16.4 Å². The van der Waals surface area contributed by atoms with Crippen molar-refractivity contribution in [2.45, 2.75) is 13.8 Å². The summed E-state index contributed by atoms with van der Waals surface area (Å²) in [6.07, 6.45) is 1.86. The highest BCUT2D eigenvalue weighted by Gasteiger charge is 2.19. The van der Waals surface area contributed by atoms with E-state index in [0.717, 1.165) is 16.4 Å². The van der Waals surface area contributed by atoms with Crippen LogP contribution in [0.15, 0.2) is 42.6 Å². The van der Waals surface area contributed by atoms with Crippen molar-refractivity contribution in [3.63, 3.8) is 0 Å². The van der Waals surface area contributed by atoms with Gasteiger partial charge in [-0.15, -0.1) is 0 Å². The molecule has 22 heavy (non-hydrogen) atoms. The van der Waals surface area contributed by atoms with Crippen LogP contribution in [-0.4, -0.2) is 22.9 Å². The lowest BCUT2D eigenvalue weighted by molar-refractivity contribution is -0.131. The van der Waals surface area contributed by atoms with Crippen LogP contribution >= 0.6 is 0 Å². The van der Waals surface area contributed by atoms with Crippen LogP contribution in [0.2, 0.25) is 0 Å². The van der Waals surface area contributed by atoms with Crippen molar-refractivity contribution in [3.8, 4) is 5.75 Å². The van der Waals surface area contributed by atoms with E-state index in [9.17, 15) is 9.59 Å². The molecule has 2 heterocycles. The van der Waals surface area contributed by atoms with Crippen molar-refractivity contribution in [3.05, 3.63) is 48.2 Å². The quantitative estimate of drug-likeness (QED) is 0.550. The molecule has 2 aromatic heterocycles. The Labute approximate surface area is 127 Å². The van der Waals surface area contributed by atoms with E-state index in [4.69, 9.17) is 9.47 Å². The van der Waals surface area contributed by atoms with E-state index in [1.165, 1.54) is 6.92 Å². The summed E-state index contributed by atoms with van der Waals surface area (Å²) in [4.78, 5) is 23.4. The van der Waals surface area contributed by atoms with Gasteiger partial charge in [0.25, 0.3) is 0 Å². The molecule has 0 radical (unpaired) electrons. The van der Waals surface area contributed by atoms with E-state index >= 15 is 0 Å². The van der Waals surface area contributed by atoms with Gasteiger partial charge in [0.15, 0.2) is 0 Å². The zero-order valence-corrected chi connectivity index (χ0v) is 12.3. The average molecular weight is 297 g/mol. The molecule has 0 aliphatic carbocycles. The molecule has 0 spiro atoms. The normalized spacial score (nSPS) is 10.8. The van der Waals surface area contributed by atoms with Crippen molar-refractivity contribution < 1.29 is 19.1 Å². The zero-order chi connectivity index (χ0) is 15.7. The summed E-state index contributed by atoms with van der Waals surface area (Å²) in [6, 6.07) is 10.8. The SMILES string of the molecule is CCOC(=O)c1c2ccc(OC(C)=O)cc2n2ccccc12. The van der Waals surface area contributed by atoms with Gasteiger partial charge in [-0.1, -0.05) is 6.07 Å². The fourth-order valence-corrected chi connectivity index (χ4v) is 2.56. The van der Waals surface area contributed by atoms with E-state index in [-0.39, 0.29) is 11.9 Å². The molecule has 112 valence electrons. The first kappa shape index (κ1) is 14.1. The standard InChI is InChI=1S/C17H15NO4/c1-3-21-17(20)16-13-8-7-12(22-11(2)19)10-15(13)18-9-5-4-6-14(16)18/h4-10H,3H2,1-2H3. The fraction of sp³-hybridized carbons (Fsp3) is 0.176. The molecule has 0 aliphatic rings. The molecule has 0 saturated carbocycles. The van der Waals surface area contributed by atoms with Crippen molar-refractivity contribution in [2.75, 3.05) is 6.61 Å².